The van der Waals surface area contributed by atoms with Gasteiger partial charge in [0.1, 0.15) is 12.3 Å². The number of aryl methyl sites for hydroxylation is 1. The smallest absolute Gasteiger partial charge is 0.254 e. The Kier molecular flexibility index (Phi) is 8.70. The van der Waals surface area contributed by atoms with Crippen LogP contribution < -0.4 is 4.74 Å². The number of hydrogen-bond donors (Lipinski definition) is 0. The summed E-state index contributed by atoms with van der Waals surface area (Å²) in [7, 11) is 1.65. The van der Waals surface area contributed by atoms with Gasteiger partial charge >= 0.3 is 0 Å². The van der Waals surface area contributed by atoms with Crippen LogP contribution in [0.3, 0.4) is 0 Å². The molecule has 2 amide bonds. The second-order valence-electron chi connectivity index (χ2n) is 10.1. The molecular weight excluding hydrogens is 462 g/mol. The number of methoxy groups -OCH3 is 1. The lowest BCUT2D eigenvalue weighted by atomic mass is 9.99. The number of carbonyl (C=O) groups excluding carboxylic acids is 2. The summed E-state index contributed by atoms with van der Waals surface area (Å²) >= 11 is 0. The Hall–Kier alpha value is -3.54. The van der Waals surface area contributed by atoms with E-state index in [0.717, 1.165) is 36.4 Å². The van der Waals surface area contributed by atoms with Crippen molar-refractivity contribution in [3.63, 3.8) is 0 Å². The van der Waals surface area contributed by atoms with Crippen molar-refractivity contribution in [3.05, 3.63) is 89.2 Å². The number of hydrogen-bond acceptors (Lipinski definition) is 3. The maximum atomic E-state index is 13.8. The molecule has 0 saturated carbocycles. The van der Waals surface area contributed by atoms with Crippen LogP contribution in [0.15, 0.2) is 66.9 Å². The summed E-state index contributed by atoms with van der Waals surface area (Å²) in [6.45, 7) is 7.47. The molecule has 6 nitrogen and oxygen atoms in total. The number of nitrogens with zero attached hydrogens (tertiary/aromatic N) is 3. The monoisotopic (exact) mass is 501 g/mol. The highest BCUT2D eigenvalue weighted by Gasteiger charge is 2.34. The van der Waals surface area contributed by atoms with Gasteiger partial charge in [0.05, 0.1) is 13.2 Å². The third-order valence-corrected chi connectivity index (χ3v) is 7.23. The third kappa shape index (κ3) is 6.07. The molecular formula is C31H39N3O3. The normalized spacial score (nSPS) is 14.9. The van der Waals surface area contributed by atoms with Crippen molar-refractivity contribution >= 4 is 11.8 Å². The second-order valence-corrected chi connectivity index (χ2v) is 10.1. The molecule has 0 bridgehead atoms. The first kappa shape index (κ1) is 26.5. The van der Waals surface area contributed by atoms with Crippen molar-refractivity contribution in [2.75, 3.05) is 20.2 Å². The van der Waals surface area contributed by atoms with E-state index >= 15 is 0 Å². The molecule has 6 heteroatoms. The molecule has 1 unspecified atom stereocenters. The molecule has 0 aliphatic carbocycles. The molecule has 0 radical (unpaired) electrons. The lowest BCUT2D eigenvalue weighted by Crippen LogP contribution is -2.49. The number of carbonyl (C=O) groups is 2. The van der Waals surface area contributed by atoms with Crippen LogP contribution >= 0.6 is 0 Å². The van der Waals surface area contributed by atoms with Crippen LogP contribution in [0.1, 0.15) is 73.3 Å². The van der Waals surface area contributed by atoms with Gasteiger partial charge in [-0.05, 0) is 74.2 Å². The van der Waals surface area contributed by atoms with Crippen LogP contribution in [0.4, 0.5) is 0 Å². The summed E-state index contributed by atoms with van der Waals surface area (Å²) in [6.07, 6.45) is 6.64. The quantitative estimate of drug-likeness (QED) is 0.334. The van der Waals surface area contributed by atoms with E-state index in [2.05, 4.69) is 23.8 Å². The van der Waals surface area contributed by atoms with Crippen LogP contribution in [0, 0.1) is 0 Å². The van der Waals surface area contributed by atoms with E-state index in [1.165, 1.54) is 18.4 Å². The van der Waals surface area contributed by atoms with Gasteiger partial charge in [-0.25, -0.2) is 0 Å². The molecule has 1 aliphatic rings. The van der Waals surface area contributed by atoms with E-state index in [9.17, 15) is 9.59 Å². The average molecular weight is 502 g/mol. The first-order valence-electron chi connectivity index (χ1n) is 13.4. The molecule has 0 saturated heterocycles. The Labute approximate surface area is 220 Å². The fraction of sp³-hybridized carbons (Fsp3) is 0.419. The summed E-state index contributed by atoms with van der Waals surface area (Å²) in [5, 5.41) is 0. The molecule has 0 spiro atoms. The molecule has 0 N–H and O–H groups in total. The predicted octanol–water partition coefficient (Wildman–Crippen LogP) is 5.71. The Morgan fingerprint density at radius 1 is 1.03 bits per heavy atom. The number of fused-ring (bicyclic) bond motifs is 1. The van der Waals surface area contributed by atoms with E-state index in [4.69, 9.17) is 4.74 Å². The van der Waals surface area contributed by atoms with Gasteiger partial charge in [0.25, 0.3) is 5.91 Å². The van der Waals surface area contributed by atoms with Gasteiger partial charge in [-0.2, -0.15) is 0 Å². The topological polar surface area (TPSA) is 54.8 Å². The maximum absolute atomic E-state index is 13.8. The average Bonchev–Trinajstić information content (AvgIpc) is 3.40. The molecule has 196 valence electrons. The van der Waals surface area contributed by atoms with E-state index in [-0.39, 0.29) is 30.4 Å². The van der Waals surface area contributed by atoms with Crippen molar-refractivity contribution in [1.29, 1.82) is 0 Å². The van der Waals surface area contributed by atoms with Crippen molar-refractivity contribution < 1.29 is 14.3 Å². The molecule has 2 heterocycles. The van der Waals surface area contributed by atoms with Crippen molar-refractivity contribution in [3.8, 4) is 5.75 Å². The minimum absolute atomic E-state index is 0.0376. The predicted molar refractivity (Wildman–Crippen MR) is 147 cm³/mol. The maximum Gasteiger partial charge on any atom is 0.254 e. The van der Waals surface area contributed by atoms with Crippen LogP contribution in [0.25, 0.3) is 0 Å². The Morgan fingerprint density at radius 3 is 2.51 bits per heavy atom. The van der Waals surface area contributed by atoms with Gasteiger partial charge in [-0.1, -0.05) is 44.0 Å². The van der Waals surface area contributed by atoms with Crippen LogP contribution in [-0.4, -0.2) is 52.4 Å². The third-order valence-electron chi connectivity index (χ3n) is 7.23. The first-order chi connectivity index (χ1) is 17.9. The minimum atomic E-state index is -0.238. The summed E-state index contributed by atoms with van der Waals surface area (Å²) in [5.74, 6) is 0.589. The summed E-state index contributed by atoms with van der Waals surface area (Å²) in [4.78, 5) is 30.9. The van der Waals surface area contributed by atoms with Crippen LogP contribution in [0.2, 0.25) is 0 Å². The van der Waals surface area contributed by atoms with Gasteiger partial charge in [-0.3, -0.25) is 9.59 Å². The summed E-state index contributed by atoms with van der Waals surface area (Å²) in [5.41, 5.74) is 3.93. The highest BCUT2D eigenvalue weighted by molar-refractivity contribution is 5.96. The fourth-order valence-corrected chi connectivity index (χ4v) is 5.10. The SMILES string of the molecule is CCCCCc1ccc(C(=O)N(CC(=O)N2CCn3cccc3C2c2cccc(OC)c2)C(C)C)cc1. The van der Waals surface area contributed by atoms with Crippen molar-refractivity contribution in [2.45, 2.75) is 65.1 Å². The molecule has 4 rings (SSSR count). The lowest BCUT2D eigenvalue weighted by Gasteiger charge is -2.39. The molecule has 1 atom stereocenters. The van der Waals surface area contributed by atoms with E-state index in [1.54, 1.807) is 12.0 Å². The minimum Gasteiger partial charge on any atom is -0.497 e. The van der Waals surface area contributed by atoms with Gasteiger partial charge < -0.3 is 19.1 Å². The highest BCUT2D eigenvalue weighted by atomic mass is 16.5. The fourth-order valence-electron chi connectivity index (χ4n) is 5.10. The number of unbranched alkanes of at least 4 members (excludes halogenated alkanes) is 2. The molecule has 2 aromatic carbocycles. The van der Waals surface area contributed by atoms with Crippen molar-refractivity contribution in [1.82, 2.24) is 14.4 Å². The van der Waals surface area contributed by atoms with Crippen LogP contribution in [0.5, 0.6) is 5.75 Å². The largest absolute Gasteiger partial charge is 0.497 e. The highest BCUT2D eigenvalue weighted by Crippen LogP contribution is 2.34. The van der Waals surface area contributed by atoms with Crippen molar-refractivity contribution in [2.24, 2.45) is 0 Å². The molecule has 37 heavy (non-hydrogen) atoms. The van der Waals surface area contributed by atoms with E-state index in [0.29, 0.717) is 12.1 Å². The number of ether oxygens (including phenoxy) is 1. The van der Waals surface area contributed by atoms with Gasteiger partial charge in [-0.15, -0.1) is 0 Å². The van der Waals surface area contributed by atoms with Gasteiger partial charge in [0.15, 0.2) is 0 Å². The Bertz CT molecular complexity index is 1200. The number of benzene rings is 2. The first-order valence-corrected chi connectivity index (χ1v) is 13.4. The standard InChI is InChI=1S/C31H39N3O3/c1-5-6-7-10-24-14-16-25(17-15-24)31(36)34(23(2)3)22-29(35)33-20-19-32-18-9-13-28(32)30(33)26-11-8-12-27(21-26)37-4/h8-9,11-18,21,23,30H,5-7,10,19-20,22H2,1-4H3. The molecule has 1 aliphatic heterocycles. The van der Waals surface area contributed by atoms with Gasteiger partial charge in [0, 0.05) is 36.6 Å². The molecule has 0 fully saturated rings. The second kappa shape index (κ2) is 12.1. The van der Waals surface area contributed by atoms with E-state index < -0.39 is 0 Å². The zero-order chi connectivity index (χ0) is 26.4. The summed E-state index contributed by atoms with van der Waals surface area (Å²) < 4.78 is 7.66. The lowest BCUT2D eigenvalue weighted by molar-refractivity contribution is -0.135. The van der Waals surface area contributed by atoms with Crippen LogP contribution in [-0.2, 0) is 17.8 Å². The summed E-state index contributed by atoms with van der Waals surface area (Å²) in [6, 6.07) is 19.5. The zero-order valence-electron chi connectivity index (χ0n) is 22.5. The molecule has 3 aromatic rings. The molecule has 1 aromatic heterocycles. The van der Waals surface area contributed by atoms with E-state index in [1.807, 2.05) is 73.3 Å². The number of aromatic nitrogens is 1. The van der Waals surface area contributed by atoms with Gasteiger partial charge in [0.2, 0.25) is 5.91 Å². The Morgan fingerprint density at radius 2 is 1.81 bits per heavy atom. The zero-order valence-corrected chi connectivity index (χ0v) is 22.5. The number of amides is 2. The Balaban J connectivity index is 1.54. The number of rotatable bonds is 10.